The van der Waals surface area contributed by atoms with Gasteiger partial charge in [-0.25, -0.2) is 0 Å². The van der Waals surface area contributed by atoms with Gasteiger partial charge in [0.05, 0.1) is 13.2 Å². The van der Waals surface area contributed by atoms with E-state index < -0.39 is 22.8 Å². The maximum atomic E-state index is 15.0. The third-order valence-electron chi connectivity index (χ3n) is 11.2. The van der Waals surface area contributed by atoms with E-state index in [1.165, 1.54) is 0 Å². The molecule has 4 rings (SSSR count). The van der Waals surface area contributed by atoms with Gasteiger partial charge in [-0.05, 0) is 85.1 Å². The molecule has 0 unspecified atom stereocenters. The summed E-state index contributed by atoms with van der Waals surface area (Å²) in [5, 5.41) is 0. The first kappa shape index (κ1) is 45.6. The number of rotatable bonds is 24. The van der Waals surface area contributed by atoms with Crippen molar-refractivity contribution in [2.24, 2.45) is 10.8 Å². The molecule has 0 aliphatic rings. The first-order chi connectivity index (χ1) is 28.2. The first-order valence-electron chi connectivity index (χ1n) is 21.7. The summed E-state index contributed by atoms with van der Waals surface area (Å²) < 4.78 is 11.3. The van der Waals surface area contributed by atoms with Crippen molar-refractivity contribution in [2.45, 2.75) is 119 Å². The predicted octanol–water partition coefficient (Wildman–Crippen LogP) is 12.9. The second-order valence-corrected chi connectivity index (χ2v) is 15.3. The van der Waals surface area contributed by atoms with E-state index in [-0.39, 0.29) is 24.8 Å². The molecular weight excluding hydrogens is 721 g/mol. The average Bonchev–Trinajstić information content (AvgIpc) is 3.26. The molecule has 0 aliphatic carbocycles. The topological polar surface area (TPSA) is 86.7 Å². The van der Waals surface area contributed by atoms with Crippen molar-refractivity contribution >= 4 is 34.7 Å². The van der Waals surface area contributed by atoms with E-state index in [0.29, 0.717) is 36.8 Å². The van der Waals surface area contributed by atoms with Crippen LogP contribution in [0.5, 0.6) is 0 Å². The van der Waals surface area contributed by atoms with Gasteiger partial charge in [0, 0.05) is 11.1 Å². The Labute approximate surface area is 347 Å². The molecule has 0 amide bonds. The number of benzene rings is 4. The highest BCUT2D eigenvalue weighted by atomic mass is 16.5. The van der Waals surface area contributed by atoms with Crippen molar-refractivity contribution < 1.29 is 28.7 Å². The quantitative estimate of drug-likeness (QED) is 0.0304. The first-order valence-corrected chi connectivity index (χ1v) is 21.7. The van der Waals surface area contributed by atoms with E-state index in [2.05, 4.69) is 52.0 Å². The molecule has 0 saturated carbocycles. The summed E-state index contributed by atoms with van der Waals surface area (Å²) in [6.45, 7) is 12.2. The number of ether oxygens (including phenoxy) is 2. The van der Waals surface area contributed by atoms with E-state index in [4.69, 9.17) is 9.47 Å². The monoisotopic (exact) mass is 784 g/mol. The number of Topliss-reactive ketones (excluding diaryl/α,β-unsaturated/α-hetero) is 2. The number of ketones is 2. The van der Waals surface area contributed by atoms with Crippen LogP contribution < -0.4 is 0 Å². The standard InChI is InChI=1S/C52H64O6/c1-7-13-33-51(34-14-8-2,49(55)57-11-5)47(53)43-31-23-29-41(37-43)46(45(39-25-19-17-20-26-39)40-27-21-18-22-28-40)42-30-24-32-44(38-42)48(54)52(35-15-9-3,36-16-10-4)50(56)58-12-6/h17-32,37-38H,7-16,33-36H2,1-6H3. The zero-order chi connectivity index (χ0) is 42.0. The lowest BCUT2D eigenvalue weighted by molar-refractivity contribution is -0.154. The van der Waals surface area contributed by atoms with Crippen LogP contribution >= 0.6 is 0 Å². The van der Waals surface area contributed by atoms with Crippen LogP contribution in [0, 0.1) is 10.8 Å². The smallest absolute Gasteiger partial charge is 0.320 e. The van der Waals surface area contributed by atoms with Crippen LogP contribution in [-0.2, 0) is 19.1 Å². The van der Waals surface area contributed by atoms with Gasteiger partial charge in [0.2, 0.25) is 0 Å². The third-order valence-corrected chi connectivity index (χ3v) is 11.2. The van der Waals surface area contributed by atoms with Crippen LogP contribution in [0.2, 0.25) is 0 Å². The number of unbranched alkanes of at least 4 members (excludes halogenated alkanes) is 4. The Bertz CT molecular complexity index is 1820. The van der Waals surface area contributed by atoms with Crippen LogP contribution in [0.4, 0.5) is 0 Å². The minimum atomic E-state index is -1.30. The van der Waals surface area contributed by atoms with Crippen LogP contribution in [0.1, 0.15) is 162 Å². The Kier molecular flexibility index (Phi) is 17.9. The molecule has 0 radical (unpaired) electrons. The van der Waals surface area contributed by atoms with Crippen LogP contribution in [-0.4, -0.2) is 36.7 Å². The van der Waals surface area contributed by atoms with Gasteiger partial charge in [0.1, 0.15) is 10.8 Å². The summed E-state index contributed by atoms with van der Waals surface area (Å²) in [7, 11) is 0. The summed E-state index contributed by atoms with van der Waals surface area (Å²) in [5.41, 5.74) is 3.43. The Morgan fingerprint density at radius 1 is 0.397 bits per heavy atom. The van der Waals surface area contributed by atoms with Crippen LogP contribution in [0.15, 0.2) is 109 Å². The minimum Gasteiger partial charge on any atom is -0.465 e. The van der Waals surface area contributed by atoms with E-state index >= 15 is 0 Å². The SMILES string of the molecule is CCCCC(CCCC)(C(=O)OCC)C(=O)c1cccc(C(=C(c2ccccc2)c2ccccc2)c2cccc(C(=O)C(CCCC)(CCCC)C(=O)OCC)c2)c1. The summed E-state index contributed by atoms with van der Waals surface area (Å²) in [6.07, 6.45) is 7.89. The zero-order valence-electron chi connectivity index (χ0n) is 35.7. The highest BCUT2D eigenvalue weighted by Crippen LogP contribution is 2.42. The van der Waals surface area contributed by atoms with E-state index in [0.717, 1.165) is 84.8 Å². The maximum absolute atomic E-state index is 15.0. The Morgan fingerprint density at radius 2 is 0.690 bits per heavy atom. The van der Waals surface area contributed by atoms with Gasteiger partial charge in [-0.1, -0.05) is 176 Å². The van der Waals surface area contributed by atoms with Crippen molar-refractivity contribution in [3.05, 3.63) is 143 Å². The highest BCUT2D eigenvalue weighted by molar-refractivity contribution is 6.15. The van der Waals surface area contributed by atoms with Crippen LogP contribution in [0.3, 0.4) is 0 Å². The fourth-order valence-corrected chi connectivity index (χ4v) is 8.06. The summed E-state index contributed by atoms with van der Waals surface area (Å²) in [6, 6.07) is 35.3. The molecule has 0 atom stereocenters. The molecule has 0 spiro atoms. The lowest BCUT2D eigenvalue weighted by Crippen LogP contribution is -2.41. The molecule has 0 fully saturated rings. The molecule has 6 heteroatoms. The molecule has 0 N–H and O–H groups in total. The largest absolute Gasteiger partial charge is 0.465 e. The fraction of sp³-hybridized carbons (Fsp3) is 0.423. The third kappa shape index (κ3) is 10.7. The Balaban J connectivity index is 2.06. The molecule has 0 aromatic heterocycles. The second-order valence-electron chi connectivity index (χ2n) is 15.3. The number of hydrogen-bond donors (Lipinski definition) is 0. The molecule has 4 aromatic carbocycles. The molecule has 58 heavy (non-hydrogen) atoms. The molecule has 308 valence electrons. The Morgan fingerprint density at radius 3 is 1.00 bits per heavy atom. The van der Waals surface area contributed by atoms with Gasteiger partial charge in [-0.3, -0.25) is 19.2 Å². The molecular formula is C52H64O6. The van der Waals surface area contributed by atoms with Crippen molar-refractivity contribution in [2.75, 3.05) is 13.2 Å². The van der Waals surface area contributed by atoms with Crippen molar-refractivity contribution in [3.63, 3.8) is 0 Å². The minimum absolute atomic E-state index is 0.194. The molecule has 4 aromatic rings. The van der Waals surface area contributed by atoms with Gasteiger partial charge < -0.3 is 9.47 Å². The van der Waals surface area contributed by atoms with Crippen molar-refractivity contribution in [3.8, 4) is 0 Å². The number of hydrogen-bond acceptors (Lipinski definition) is 6. The van der Waals surface area contributed by atoms with Gasteiger partial charge >= 0.3 is 11.9 Å². The lowest BCUT2D eigenvalue weighted by atomic mass is 9.72. The maximum Gasteiger partial charge on any atom is 0.320 e. The fourth-order valence-electron chi connectivity index (χ4n) is 8.06. The van der Waals surface area contributed by atoms with E-state index in [1.54, 1.807) is 26.0 Å². The lowest BCUT2D eigenvalue weighted by Gasteiger charge is -2.31. The number of carbonyl (C=O) groups is 4. The average molecular weight is 785 g/mol. The van der Waals surface area contributed by atoms with Crippen molar-refractivity contribution in [1.29, 1.82) is 0 Å². The summed E-state index contributed by atoms with van der Waals surface area (Å²) >= 11 is 0. The van der Waals surface area contributed by atoms with E-state index in [9.17, 15) is 19.2 Å². The summed E-state index contributed by atoms with van der Waals surface area (Å²) in [5.74, 6) is -1.38. The second kappa shape index (κ2) is 22.7. The molecule has 0 bridgehead atoms. The zero-order valence-corrected chi connectivity index (χ0v) is 35.7. The molecule has 6 nitrogen and oxygen atoms in total. The molecule has 0 aliphatic heterocycles. The highest BCUT2D eigenvalue weighted by Gasteiger charge is 2.47. The van der Waals surface area contributed by atoms with Gasteiger partial charge in [0.25, 0.3) is 0 Å². The van der Waals surface area contributed by atoms with Crippen molar-refractivity contribution in [1.82, 2.24) is 0 Å². The van der Waals surface area contributed by atoms with Gasteiger partial charge in [-0.15, -0.1) is 0 Å². The number of esters is 2. The molecule has 0 saturated heterocycles. The molecule has 0 heterocycles. The summed E-state index contributed by atoms with van der Waals surface area (Å²) in [4.78, 5) is 57.7. The van der Waals surface area contributed by atoms with Crippen LogP contribution in [0.25, 0.3) is 11.1 Å². The Hall–Kier alpha value is -5.10. The predicted molar refractivity (Wildman–Crippen MR) is 236 cm³/mol. The normalized spacial score (nSPS) is 11.5. The van der Waals surface area contributed by atoms with Gasteiger partial charge in [0.15, 0.2) is 11.6 Å². The van der Waals surface area contributed by atoms with E-state index in [1.807, 2.05) is 72.8 Å². The van der Waals surface area contributed by atoms with Gasteiger partial charge in [-0.2, -0.15) is 0 Å². The number of carbonyl (C=O) groups excluding carboxylic acids is 4.